The maximum absolute atomic E-state index is 13.6. The predicted molar refractivity (Wildman–Crippen MR) is 97.2 cm³/mol. The Bertz CT molecular complexity index is 1010. The summed E-state index contributed by atoms with van der Waals surface area (Å²) in [6.07, 6.45) is -4.94. The van der Waals surface area contributed by atoms with Crippen molar-refractivity contribution in [2.24, 2.45) is 0 Å². The number of rotatable bonds is 2. The molecule has 10 heteroatoms. The molecular weight excluding hydrogens is 393 g/mol. The number of hydrogen-bond donors (Lipinski definition) is 0. The van der Waals surface area contributed by atoms with Gasteiger partial charge in [-0.25, -0.2) is 9.50 Å². The molecule has 4 rings (SSSR count). The maximum atomic E-state index is 13.6. The Labute approximate surface area is 162 Å². The Morgan fingerprint density at radius 1 is 1.25 bits per heavy atom. The van der Waals surface area contributed by atoms with Gasteiger partial charge in [0.15, 0.2) is 17.0 Å². The third-order valence-electron chi connectivity index (χ3n) is 4.42. The van der Waals surface area contributed by atoms with Crippen LogP contribution in [0.25, 0.3) is 16.2 Å². The quantitative estimate of drug-likeness (QED) is 0.646. The first-order chi connectivity index (χ1) is 13.2. The first-order valence-electron chi connectivity index (χ1n) is 8.69. The van der Waals surface area contributed by atoms with E-state index in [4.69, 9.17) is 4.74 Å². The monoisotopic (exact) mass is 410 g/mol. The summed E-state index contributed by atoms with van der Waals surface area (Å²) < 4.78 is 47.1. The number of halogens is 3. The van der Waals surface area contributed by atoms with E-state index in [0.29, 0.717) is 22.5 Å². The number of fused-ring (bicyclic) bond motifs is 1. The summed E-state index contributed by atoms with van der Waals surface area (Å²) in [6.45, 7) is 4.40. The normalized spacial score (nSPS) is 20.7. The molecule has 2 atom stereocenters. The summed E-state index contributed by atoms with van der Waals surface area (Å²) >= 11 is 1.29. The topological polar surface area (TPSA) is 59.7 Å². The van der Waals surface area contributed by atoms with Crippen molar-refractivity contribution in [3.63, 3.8) is 0 Å². The Kier molecular flexibility index (Phi) is 4.62. The minimum Gasteiger partial charge on any atom is -0.372 e. The molecule has 1 saturated heterocycles. The van der Waals surface area contributed by atoms with Crippen molar-refractivity contribution in [2.75, 3.05) is 13.1 Å². The van der Waals surface area contributed by atoms with E-state index in [0.717, 1.165) is 6.07 Å². The van der Waals surface area contributed by atoms with Crippen LogP contribution in [0.2, 0.25) is 0 Å². The van der Waals surface area contributed by atoms with E-state index < -0.39 is 17.8 Å². The number of morpholine rings is 1. The first kappa shape index (κ1) is 18.9. The Morgan fingerprint density at radius 3 is 2.57 bits per heavy atom. The summed E-state index contributed by atoms with van der Waals surface area (Å²) in [5, 5.41) is 5.70. The highest BCUT2D eigenvalue weighted by atomic mass is 32.1. The average molecular weight is 410 g/mol. The molecule has 0 bridgehead atoms. The summed E-state index contributed by atoms with van der Waals surface area (Å²) in [4.78, 5) is 19.3. The molecule has 1 fully saturated rings. The second-order valence-corrected chi connectivity index (χ2v) is 7.72. The van der Waals surface area contributed by atoms with Gasteiger partial charge in [0.1, 0.15) is 0 Å². The highest BCUT2D eigenvalue weighted by Gasteiger charge is 2.36. The smallest absolute Gasteiger partial charge is 0.372 e. The minimum absolute atomic E-state index is 0.0177. The zero-order valence-electron chi connectivity index (χ0n) is 15.1. The molecule has 1 amide bonds. The molecule has 0 N–H and O–H groups in total. The van der Waals surface area contributed by atoms with E-state index in [2.05, 4.69) is 10.1 Å². The number of amides is 1. The van der Waals surface area contributed by atoms with E-state index in [-0.39, 0.29) is 29.2 Å². The van der Waals surface area contributed by atoms with Crippen molar-refractivity contribution in [3.05, 3.63) is 41.0 Å². The summed E-state index contributed by atoms with van der Waals surface area (Å²) in [6, 6.07) is 5.70. The second kappa shape index (κ2) is 6.85. The summed E-state index contributed by atoms with van der Waals surface area (Å²) in [7, 11) is 0. The van der Waals surface area contributed by atoms with Gasteiger partial charge in [-0.05, 0) is 31.4 Å². The van der Waals surface area contributed by atoms with Gasteiger partial charge < -0.3 is 9.64 Å². The van der Waals surface area contributed by atoms with E-state index in [1.807, 2.05) is 13.8 Å². The van der Waals surface area contributed by atoms with Crippen molar-refractivity contribution >= 4 is 22.9 Å². The van der Waals surface area contributed by atoms with E-state index in [9.17, 15) is 18.0 Å². The Morgan fingerprint density at radius 2 is 1.96 bits per heavy atom. The Balaban J connectivity index is 1.78. The number of hydrogen-bond acceptors (Lipinski definition) is 5. The number of ether oxygens (including phenoxy) is 1. The molecule has 0 saturated carbocycles. The molecule has 148 valence electrons. The first-order valence-corrected chi connectivity index (χ1v) is 9.57. The molecule has 0 aliphatic carbocycles. The van der Waals surface area contributed by atoms with Crippen LogP contribution in [-0.4, -0.2) is 50.7 Å². The predicted octanol–water partition coefficient (Wildman–Crippen LogP) is 3.73. The molecule has 0 spiro atoms. The molecule has 1 aliphatic rings. The van der Waals surface area contributed by atoms with Crippen LogP contribution in [0.4, 0.5) is 13.2 Å². The van der Waals surface area contributed by atoms with E-state index in [1.165, 1.54) is 17.4 Å². The maximum Gasteiger partial charge on any atom is 0.433 e. The molecule has 0 unspecified atom stereocenters. The SMILES string of the molecule is C[C@@H]1CN(C(=O)c2cc3nc(-c4cccs4)cc(C(F)(F)F)n3n2)C[C@H](C)O1. The van der Waals surface area contributed by atoms with Crippen molar-refractivity contribution in [3.8, 4) is 10.6 Å². The highest BCUT2D eigenvalue weighted by Crippen LogP contribution is 2.33. The fraction of sp³-hybridized carbons (Fsp3) is 0.389. The van der Waals surface area contributed by atoms with Gasteiger partial charge in [0.25, 0.3) is 5.91 Å². The summed E-state index contributed by atoms with van der Waals surface area (Å²) in [5.41, 5.74) is -0.857. The lowest BCUT2D eigenvalue weighted by atomic mass is 10.2. The molecule has 28 heavy (non-hydrogen) atoms. The third-order valence-corrected chi connectivity index (χ3v) is 5.31. The van der Waals surface area contributed by atoms with E-state index in [1.54, 1.807) is 22.4 Å². The van der Waals surface area contributed by atoms with Gasteiger partial charge in [0.05, 0.1) is 22.8 Å². The average Bonchev–Trinajstić information content (AvgIpc) is 3.27. The molecule has 1 aliphatic heterocycles. The van der Waals surface area contributed by atoms with Gasteiger partial charge in [-0.2, -0.15) is 18.3 Å². The van der Waals surface area contributed by atoms with Crippen LogP contribution in [0.5, 0.6) is 0 Å². The second-order valence-electron chi connectivity index (χ2n) is 6.77. The zero-order valence-corrected chi connectivity index (χ0v) is 15.9. The van der Waals surface area contributed by atoms with Crippen molar-refractivity contribution in [2.45, 2.75) is 32.2 Å². The van der Waals surface area contributed by atoms with Crippen LogP contribution < -0.4 is 0 Å². The molecule has 0 aromatic carbocycles. The van der Waals surface area contributed by atoms with Gasteiger partial charge in [-0.1, -0.05) is 6.07 Å². The number of carbonyl (C=O) groups is 1. The lowest BCUT2D eigenvalue weighted by Gasteiger charge is -2.34. The molecule has 4 heterocycles. The van der Waals surface area contributed by atoms with Crippen LogP contribution in [0, 0.1) is 0 Å². The number of aromatic nitrogens is 3. The molecular formula is C18H17F3N4O2S. The highest BCUT2D eigenvalue weighted by molar-refractivity contribution is 7.13. The lowest BCUT2D eigenvalue weighted by Crippen LogP contribution is -2.48. The zero-order chi connectivity index (χ0) is 20.1. The Hall–Kier alpha value is -2.46. The van der Waals surface area contributed by atoms with Gasteiger partial charge in [0, 0.05) is 19.2 Å². The molecule has 3 aromatic heterocycles. The van der Waals surface area contributed by atoms with Crippen LogP contribution in [-0.2, 0) is 10.9 Å². The van der Waals surface area contributed by atoms with Gasteiger partial charge in [-0.15, -0.1) is 11.3 Å². The van der Waals surface area contributed by atoms with E-state index >= 15 is 0 Å². The van der Waals surface area contributed by atoms with Gasteiger partial charge in [-0.3, -0.25) is 4.79 Å². The van der Waals surface area contributed by atoms with Crippen molar-refractivity contribution < 1.29 is 22.7 Å². The van der Waals surface area contributed by atoms with Crippen LogP contribution in [0.1, 0.15) is 30.0 Å². The minimum atomic E-state index is -4.64. The summed E-state index contributed by atoms with van der Waals surface area (Å²) in [5.74, 6) is -0.432. The molecule has 3 aromatic rings. The number of carbonyl (C=O) groups excluding carboxylic acids is 1. The van der Waals surface area contributed by atoms with Gasteiger partial charge in [0.2, 0.25) is 0 Å². The fourth-order valence-corrected chi connectivity index (χ4v) is 4.02. The standard InChI is InChI=1S/C18H17F3N4O2S/c1-10-8-24(9-11(2)27-10)17(26)13-7-16-22-12(14-4-3-5-28-14)6-15(18(19,20)21)25(16)23-13/h3-7,10-11H,8-9H2,1-2H3/t10-,11+. The fourth-order valence-electron chi connectivity index (χ4n) is 3.34. The largest absolute Gasteiger partial charge is 0.433 e. The van der Waals surface area contributed by atoms with Crippen LogP contribution in [0.15, 0.2) is 29.6 Å². The number of alkyl halides is 3. The molecule has 6 nitrogen and oxygen atoms in total. The third kappa shape index (κ3) is 3.49. The van der Waals surface area contributed by atoms with Crippen molar-refractivity contribution in [1.82, 2.24) is 19.5 Å². The number of nitrogens with zero attached hydrogens (tertiary/aromatic N) is 4. The van der Waals surface area contributed by atoms with Crippen molar-refractivity contribution in [1.29, 1.82) is 0 Å². The lowest BCUT2D eigenvalue weighted by molar-refractivity contribution is -0.142. The number of thiophene rings is 1. The van der Waals surface area contributed by atoms with Crippen LogP contribution in [0.3, 0.4) is 0 Å². The van der Waals surface area contributed by atoms with Gasteiger partial charge >= 0.3 is 6.18 Å². The molecule has 0 radical (unpaired) electrons. The van der Waals surface area contributed by atoms with Crippen LogP contribution >= 0.6 is 11.3 Å².